The SMILES string of the molecule is COc1ccc(-c2n[nH]c(=S)n2/N=C\c2ccc([C@H]3C[C@@H]3C)o2)cc1OC. The van der Waals surface area contributed by atoms with Crippen molar-refractivity contribution in [1.82, 2.24) is 14.9 Å². The summed E-state index contributed by atoms with van der Waals surface area (Å²) in [5.41, 5.74) is 0.795. The maximum Gasteiger partial charge on any atom is 0.216 e. The molecule has 2 heterocycles. The average Bonchev–Trinajstić information content (AvgIpc) is 3.07. The van der Waals surface area contributed by atoms with Crippen molar-refractivity contribution in [3.05, 3.63) is 46.6 Å². The number of rotatable bonds is 6. The van der Waals surface area contributed by atoms with Crippen LogP contribution in [0, 0.1) is 10.7 Å². The summed E-state index contributed by atoms with van der Waals surface area (Å²) in [4.78, 5) is 0. The molecule has 1 fully saturated rings. The van der Waals surface area contributed by atoms with Gasteiger partial charge in [0.05, 0.1) is 20.4 Å². The van der Waals surface area contributed by atoms with Gasteiger partial charge in [0, 0.05) is 11.5 Å². The lowest BCUT2D eigenvalue weighted by atomic mass is 10.2. The number of methoxy groups -OCH3 is 2. The van der Waals surface area contributed by atoms with Crippen LogP contribution in [-0.4, -0.2) is 35.3 Å². The van der Waals surface area contributed by atoms with E-state index < -0.39 is 0 Å². The van der Waals surface area contributed by atoms with Crippen LogP contribution in [0.15, 0.2) is 39.9 Å². The van der Waals surface area contributed by atoms with Crippen molar-refractivity contribution >= 4 is 18.4 Å². The molecule has 0 amide bonds. The molecule has 1 saturated carbocycles. The van der Waals surface area contributed by atoms with Crippen molar-refractivity contribution in [2.24, 2.45) is 11.0 Å². The highest BCUT2D eigenvalue weighted by atomic mass is 32.1. The van der Waals surface area contributed by atoms with Crippen LogP contribution in [-0.2, 0) is 0 Å². The lowest BCUT2D eigenvalue weighted by Gasteiger charge is -2.08. The Morgan fingerprint density at radius 1 is 1.26 bits per heavy atom. The molecule has 2 aromatic heterocycles. The van der Waals surface area contributed by atoms with Gasteiger partial charge in [0.25, 0.3) is 0 Å². The average molecular weight is 384 g/mol. The first-order valence-corrected chi connectivity index (χ1v) is 9.05. The van der Waals surface area contributed by atoms with Gasteiger partial charge in [-0.05, 0) is 54.9 Å². The maximum absolute atomic E-state index is 5.86. The minimum Gasteiger partial charge on any atom is -0.493 e. The van der Waals surface area contributed by atoms with E-state index in [4.69, 9.17) is 26.1 Å². The second kappa shape index (κ2) is 7.03. The molecule has 1 aromatic carbocycles. The van der Waals surface area contributed by atoms with Gasteiger partial charge in [-0.15, -0.1) is 0 Å². The van der Waals surface area contributed by atoms with E-state index in [0.717, 1.165) is 11.3 Å². The number of benzene rings is 1. The number of furan rings is 1. The zero-order chi connectivity index (χ0) is 19.0. The molecule has 0 saturated heterocycles. The van der Waals surface area contributed by atoms with Crippen LogP contribution < -0.4 is 9.47 Å². The Morgan fingerprint density at radius 2 is 2.04 bits per heavy atom. The molecule has 7 nitrogen and oxygen atoms in total. The summed E-state index contributed by atoms with van der Waals surface area (Å²) in [6.45, 7) is 2.22. The molecule has 1 aliphatic rings. The standard InChI is InChI=1S/C19H20N4O3S/c1-11-8-14(11)15-7-5-13(26-15)10-20-23-18(21-22-19(23)27)12-4-6-16(24-2)17(9-12)25-3/h4-7,9-11,14H,8H2,1-3H3,(H,22,27)/b20-10-/t11-,14-/m0/s1. The molecular weight excluding hydrogens is 364 g/mol. The summed E-state index contributed by atoms with van der Waals surface area (Å²) in [7, 11) is 3.18. The predicted molar refractivity (Wildman–Crippen MR) is 104 cm³/mol. The fourth-order valence-corrected chi connectivity index (χ4v) is 3.21. The first-order chi connectivity index (χ1) is 13.1. The Morgan fingerprint density at radius 3 is 2.74 bits per heavy atom. The topological polar surface area (TPSA) is 77.6 Å². The smallest absolute Gasteiger partial charge is 0.216 e. The number of aromatic nitrogens is 3. The van der Waals surface area contributed by atoms with Crippen molar-refractivity contribution in [3.63, 3.8) is 0 Å². The largest absolute Gasteiger partial charge is 0.493 e. The van der Waals surface area contributed by atoms with Gasteiger partial charge in [0.2, 0.25) is 4.77 Å². The summed E-state index contributed by atoms with van der Waals surface area (Å²) in [6, 6.07) is 9.45. The van der Waals surface area contributed by atoms with Crippen LogP contribution in [0.4, 0.5) is 0 Å². The van der Waals surface area contributed by atoms with E-state index >= 15 is 0 Å². The molecule has 2 atom stereocenters. The Kier molecular flexibility index (Phi) is 4.57. The number of ether oxygens (including phenoxy) is 2. The molecule has 0 unspecified atom stereocenters. The number of nitrogens with zero attached hydrogens (tertiary/aromatic N) is 3. The predicted octanol–water partition coefficient (Wildman–Crippen LogP) is 4.22. The summed E-state index contributed by atoms with van der Waals surface area (Å²) >= 11 is 5.31. The summed E-state index contributed by atoms with van der Waals surface area (Å²) in [5, 5.41) is 11.5. The second-order valence-corrected chi connectivity index (χ2v) is 6.92. The van der Waals surface area contributed by atoms with E-state index in [1.807, 2.05) is 30.3 Å². The highest BCUT2D eigenvalue weighted by Gasteiger charge is 2.36. The summed E-state index contributed by atoms with van der Waals surface area (Å²) < 4.78 is 18.4. The lowest BCUT2D eigenvalue weighted by Crippen LogP contribution is -1.96. The van der Waals surface area contributed by atoms with Crippen LogP contribution in [0.5, 0.6) is 11.5 Å². The minimum atomic E-state index is 0.388. The number of nitrogens with one attached hydrogen (secondary N) is 1. The van der Waals surface area contributed by atoms with Crippen molar-refractivity contribution in [3.8, 4) is 22.9 Å². The normalized spacial score (nSPS) is 18.8. The van der Waals surface area contributed by atoms with Gasteiger partial charge in [-0.1, -0.05) is 6.92 Å². The van der Waals surface area contributed by atoms with Gasteiger partial charge < -0.3 is 13.9 Å². The molecule has 140 valence electrons. The van der Waals surface area contributed by atoms with Crippen LogP contribution in [0.2, 0.25) is 0 Å². The second-order valence-electron chi connectivity index (χ2n) is 6.54. The molecule has 0 spiro atoms. The summed E-state index contributed by atoms with van der Waals surface area (Å²) in [6.07, 6.45) is 2.83. The summed E-state index contributed by atoms with van der Waals surface area (Å²) in [5.74, 6) is 4.74. The molecular formula is C19H20N4O3S. The molecule has 27 heavy (non-hydrogen) atoms. The molecule has 0 bridgehead atoms. The maximum atomic E-state index is 5.86. The quantitative estimate of drug-likeness (QED) is 0.508. The third kappa shape index (κ3) is 3.40. The van der Waals surface area contributed by atoms with E-state index in [1.54, 1.807) is 25.1 Å². The number of H-pyrrole nitrogens is 1. The minimum absolute atomic E-state index is 0.388. The van der Waals surface area contributed by atoms with Gasteiger partial charge in [-0.2, -0.15) is 14.9 Å². The third-order valence-corrected chi connectivity index (χ3v) is 4.98. The van der Waals surface area contributed by atoms with Gasteiger partial charge in [0.1, 0.15) is 11.5 Å². The van der Waals surface area contributed by atoms with Crippen LogP contribution in [0.25, 0.3) is 11.4 Å². The Labute approximate surface area is 161 Å². The van der Waals surface area contributed by atoms with Gasteiger partial charge in [0.15, 0.2) is 17.3 Å². The van der Waals surface area contributed by atoms with Crippen molar-refractivity contribution in [1.29, 1.82) is 0 Å². The van der Waals surface area contributed by atoms with E-state index in [2.05, 4.69) is 22.2 Å². The van der Waals surface area contributed by atoms with E-state index in [0.29, 0.717) is 39.7 Å². The van der Waals surface area contributed by atoms with Crippen molar-refractivity contribution in [2.75, 3.05) is 14.2 Å². The monoisotopic (exact) mass is 384 g/mol. The third-order valence-electron chi connectivity index (χ3n) is 4.72. The van der Waals surface area contributed by atoms with E-state index in [9.17, 15) is 0 Å². The zero-order valence-corrected chi connectivity index (χ0v) is 16.1. The number of hydrogen-bond donors (Lipinski definition) is 1. The molecule has 1 aliphatic carbocycles. The lowest BCUT2D eigenvalue weighted by molar-refractivity contribution is 0.355. The molecule has 0 aliphatic heterocycles. The molecule has 8 heteroatoms. The van der Waals surface area contributed by atoms with Gasteiger partial charge in [-0.3, -0.25) is 0 Å². The fraction of sp³-hybridized carbons (Fsp3) is 0.316. The molecule has 0 radical (unpaired) electrons. The Hall–Kier alpha value is -2.87. The van der Waals surface area contributed by atoms with Gasteiger partial charge >= 0.3 is 0 Å². The number of hydrogen-bond acceptors (Lipinski definition) is 6. The van der Waals surface area contributed by atoms with Crippen LogP contribution in [0.3, 0.4) is 0 Å². The fourth-order valence-electron chi connectivity index (χ4n) is 3.03. The number of aromatic amines is 1. The van der Waals surface area contributed by atoms with E-state index in [-0.39, 0.29) is 0 Å². The van der Waals surface area contributed by atoms with Crippen molar-refractivity contribution < 1.29 is 13.9 Å². The first-order valence-electron chi connectivity index (χ1n) is 8.64. The molecule has 4 rings (SSSR count). The highest BCUT2D eigenvalue weighted by Crippen LogP contribution is 2.47. The zero-order valence-electron chi connectivity index (χ0n) is 15.3. The van der Waals surface area contributed by atoms with E-state index in [1.165, 1.54) is 6.42 Å². The Bertz CT molecular complexity index is 1050. The van der Waals surface area contributed by atoms with Crippen LogP contribution >= 0.6 is 12.2 Å². The van der Waals surface area contributed by atoms with Gasteiger partial charge in [-0.25, -0.2) is 5.10 Å². The Balaban J connectivity index is 1.64. The first kappa shape index (κ1) is 17.5. The van der Waals surface area contributed by atoms with Crippen LogP contribution in [0.1, 0.15) is 30.8 Å². The highest BCUT2D eigenvalue weighted by molar-refractivity contribution is 7.71. The molecule has 1 N–H and O–H groups in total. The molecule has 3 aromatic rings. The van der Waals surface area contributed by atoms with Crippen molar-refractivity contribution in [2.45, 2.75) is 19.3 Å².